The topological polar surface area (TPSA) is 9.23 Å². The van der Waals surface area contributed by atoms with E-state index in [0.29, 0.717) is 11.1 Å². The standard InChI is InChI=1S/C14H11Br2FO/c15-8-10-4-6-12(7-5-10)18-9-11-2-1-3-13(17)14(11)16/h1-7H,8-9H2. The average molecular weight is 374 g/mol. The monoisotopic (exact) mass is 372 g/mol. The second kappa shape index (κ2) is 6.34. The van der Waals surface area contributed by atoms with E-state index < -0.39 is 0 Å². The largest absolute Gasteiger partial charge is 0.489 e. The van der Waals surface area contributed by atoms with Crippen molar-refractivity contribution in [2.45, 2.75) is 11.9 Å². The maximum absolute atomic E-state index is 13.3. The fourth-order valence-electron chi connectivity index (χ4n) is 1.50. The van der Waals surface area contributed by atoms with Crippen LogP contribution in [0.5, 0.6) is 5.75 Å². The van der Waals surface area contributed by atoms with E-state index in [9.17, 15) is 4.39 Å². The maximum atomic E-state index is 13.3. The van der Waals surface area contributed by atoms with Crippen molar-refractivity contribution in [3.8, 4) is 5.75 Å². The number of rotatable bonds is 4. The van der Waals surface area contributed by atoms with Crippen LogP contribution in [-0.2, 0) is 11.9 Å². The zero-order valence-electron chi connectivity index (χ0n) is 9.50. The van der Waals surface area contributed by atoms with Gasteiger partial charge in [-0.25, -0.2) is 4.39 Å². The molecule has 0 spiro atoms. The SMILES string of the molecule is Fc1cccc(COc2ccc(CBr)cc2)c1Br. The van der Waals surface area contributed by atoms with Gasteiger partial charge in [0, 0.05) is 10.9 Å². The molecule has 0 saturated carbocycles. The Hall–Kier alpha value is -0.870. The first-order valence-corrected chi connectivity index (χ1v) is 7.32. The molecular weight excluding hydrogens is 363 g/mol. The third-order valence-corrected chi connectivity index (χ3v) is 4.04. The molecule has 0 aliphatic carbocycles. The van der Waals surface area contributed by atoms with Crippen molar-refractivity contribution >= 4 is 31.9 Å². The zero-order chi connectivity index (χ0) is 13.0. The molecule has 0 heterocycles. The molecule has 0 saturated heterocycles. The third-order valence-electron chi connectivity index (χ3n) is 2.50. The van der Waals surface area contributed by atoms with Crippen LogP contribution in [0.4, 0.5) is 4.39 Å². The molecule has 4 heteroatoms. The van der Waals surface area contributed by atoms with Crippen molar-refractivity contribution in [3.63, 3.8) is 0 Å². The first-order chi connectivity index (χ1) is 8.70. The van der Waals surface area contributed by atoms with E-state index in [4.69, 9.17) is 4.74 Å². The van der Waals surface area contributed by atoms with E-state index in [1.165, 1.54) is 11.6 Å². The van der Waals surface area contributed by atoms with Crippen LogP contribution in [0.15, 0.2) is 46.9 Å². The molecule has 1 nitrogen and oxygen atoms in total. The predicted octanol–water partition coefficient (Wildman–Crippen LogP) is 5.06. The van der Waals surface area contributed by atoms with Crippen LogP contribution >= 0.6 is 31.9 Å². The number of benzene rings is 2. The van der Waals surface area contributed by atoms with Gasteiger partial charge in [0.15, 0.2) is 0 Å². The van der Waals surface area contributed by atoms with Crippen LogP contribution in [0.2, 0.25) is 0 Å². The minimum Gasteiger partial charge on any atom is -0.489 e. The normalized spacial score (nSPS) is 10.4. The lowest BCUT2D eigenvalue weighted by Crippen LogP contribution is -1.97. The summed E-state index contributed by atoms with van der Waals surface area (Å²) in [7, 11) is 0. The van der Waals surface area contributed by atoms with Crippen LogP contribution in [-0.4, -0.2) is 0 Å². The summed E-state index contributed by atoms with van der Waals surface area (Å²) in [5.74, 6) is 0.501. The molecule has 0 aliphatic heterocycles. The van der Waals surface area contributed by atoms with Crippen LogP contribution in [0.1, 0.15) is 11.1 Å². The molecule has 0 bridgehead atoms. The van der Waals surface area contributed by atoms with Gasteiger partial charge in [-0.2, -0.15) is 0 Å². The number of halogens is 3. The molecule has 0 fully saturated rings. The fraction of sp³-hybridized carbons (Fsp3) is 0.143. The van der Waals surface area contributed by atoms with E-state index in [-0.39, 0.29) is 5.82 Å². The van der Waals surface area contributed by atoms with Gasteiger partial charge in [-0.1, -0.05) is 40.2 Å². The van der Waals surface area contributed by atoms with Gasteiger partial charge in [0.2, 0.25) is 0 Å². The van der Waals surface area contributed by atoms with Gasteiger partial charge in [-0.3, -0.25) is 0 Å². The zero-order valence-corrected chi connectivity index (χ0v) is 12.7. The lowest BCUT2D eigenvalue weighted by Gasteiger charge is -2.08. The van der Waals surface area contributed by atoms with Crippen molar-refractivity contribution in [2.24, 2.45) is 0 Å². The highest BCUT2D eigenvalue weighted by Gasteiger charge is 2.05. The average Bonchev–Trinajstić information content (AvgIpc) is 2.41. The molecule has 0 N–H and O–H groups in total. The summed E-state index contributed by atoms with van der Waals surface area (Å²) in [5, 5.41) is 0.822. The van der Waals surface area contributed by atoms with Crippen LogP contribution in [0.3, 0.4) is 0 Å². The quantitative estimate of drug-likeness (QED) is 0.680. The fourth-order valence-corrected chi connectivity index (χ4v) is 2.25. The lowest BCUT2D eigenvalue weighted by atomic mass is 10.2. The van der Waals surface area contributed by atoms with E-state index in [1.807, 2.05) is 30.3 Å². The minimum absolute atomic E-state index is 0.272. The second-order valence-electron chi connectivity index (χ2n) is 3.78. The van der Waals surface area contributed by atoms with E-state index in [1.54, 1.807) is 6.07 Å². The highest BCUT2D eigenvalue weighted by Crippen LogP contribution is 2.22. The molecule has 18 heavy (non-hydrogen) atoms. The molecule has 0 atom stereocenters. The summed E-state index contributed by atoms with van der Waals surface area (Å²) in [6.07, 6.45) is 0. The number of ether oxygens (including phenoxy) is 1. The summed E-state index contributed by atoms with van der Waals surface area (Å²) in [5.41, 5.74) is 1.98. The van der Waals surface area contributed by atoms with Crippen LogP contribution in [0, 0.1) is 5.82 Å². The van der Waals surface area contributed by atoms with E-state index in [0.717, 1.165) is 16.6 Å². The molecule has 94 valence electrons. The summed E-state index contributed by atoms with van der Waals surface area (Å²) < 4.78 is 19.4. The molecule has 2 aromatic carbocycles. The Balaban J connectivity index is 2.04. The Labute approximate surface area is 122 Å². The third kappa shape index (κ3) is 3.33. The van der Waals surface area contributed by atoms with Gasteiger partial charge in [0.1, 0.15) is 18.2 Å². The van der Waals surface area contributed by atoms with Crippen molar-refractivity contribution in [1.29, 1.82) is 0 Å². The Kier molecular flexibility index (Phi) is 4.78. The molecule has 0 radical (unpaired) electrons. The molecular formula is C14H11Br2FO. The molecule has 2 aromatic rings. The number of hydrogen-bond acceptors (Lipinski definition) is 1. The van der Waals surface area contributed by atoms with Gasteiger partial charge in [0.05, 0.1) is 4.47 Å². The Morgan fingerprint density at radius 1 is 1.06 bits per heavy atom. The summed E-state index contributed by atoms with van der Waals surface area (Å²) in [6, 6.07) is 12.7. The van der Waals surface area contributed by atoms with Crippen LogP contribution in [0.25, 0.3) is 0 Å². The van der Waals surface area contributed by atoms with Crippen molar-refractivity contribution < 1.29 is 9.13 Å². The van der Waals surface area contributed by atoms with E-state index >= 15 is 0 Å². The Bertz CT molecular complexity index is 526. The van der Waals surface area contributed by atoms with Gasteiger partial charge in [0.25, 0.3) is 0 Å². The molecule has 0 amide bonds. The first kappa shape index (κ1) is 13.6. The van der Waals surface area contributed by atoms with Gasteiger partial charge in [-0.05, 0) is 39.7 Å². The Morgan fingerprint density at radius 3 is 2.44 bits per heavy atom. The highest BCUT2D eigenvalue weighted by atomic mass is 79.9. The summed E-state index contributed by atoms with van der Waals surface area (Å²) in [6.45, 7) is 0.339. The molecule has 0 aromatic heterocycles. The highest BCUT2D eigenvalue weighted by molar-refractivity contribution is 9.10. The molecule has 0 aliphatic rings. The summed E-state index contributed by atoms with van der Waals surface area (Å²) in [4.78, 5) is 0. The number of alkyl halides is 1. The van der Waals surface area contributed by atoms with E-state index in [2.05, 4.69) is 31.9 Å². The second-order valence-corrected chi connectivity index (χ2v) is 5.13. The van der Waals surface area contributed by atoms with Crippen molar-refractivity contribution in [2.75, 3.05) is 0 Å². The lowest BCUT2D eigenvalue weighted by molar-refractivity contribution is 0.304. The minimum atomic E-state index is -0.272. The van der Waals surface area contributed by atoms with Gasteiger partial charge < -0.3 is 4.74 Å². The first-order valence-electron chi connectivity index (χ1n) is 5.41. The predicted molar refractivity (Wildman–Crippen MR) is 77.5 cm³/mol. The molecule has 0 unspecified atom stereocenters. The Morgan fingerprint density at radius 2 is 1.78 bits per heavy atom. The van der Waals surface area contributed by atoms with Crippen LogP contribution < -0.4 is 4.74 Å². The van der Waals surface area contributed by atoms with Gasteiger partial charge in [-0.15, -0.1) is 0 Å². The van der Waals surface area contributed by atoms with Crippen molar-refractivity contribution in [1.82, 2.24) is 0 Å². The number of hydrogen-bond donors (Lipinski definition) is 0. The molecule has 2 rings (SSSR count). The van der Waals surface area contributed by atoms with Gasteiger partial charge >= 0.3 is 0 Å². The summed E-state index contributed by atoms with van der Waals surface area (Å²) >= 11 is 6.60. The smallest absolute Gasteiger partial charge is 0.137 e. The van der Waals surface area contributed by atoms with Crippen molar-refractivity contribution in [3.05, 3.63) is 63.9 Å². The maximum Gasteiger partial charge on any atom is 0.137 e.